The zero-order chi connectivity index (χ0) is 25.2. The Morgan fingerprint density at radius 2 is 1.19 bits per heavy atom. The second kappa shape index (κ2) is 9.74. The summed E-state index contributed by atoms with van der Waals surface area (Å²) in [4.78, 5) is 5.15. The summed E-state index contributed by atoms with van der Waals surface area (Å²) in [6.45, 7) is 8.48. The highest BCUT2D eigenvalue weighted by Gasteiger charge is 2.16. The molecule has 0 spiro atoms. The van der Waals surface area contributed by atoms with Gasteiger partial charge in [-0.3, -0.25) is 0 Å². The monoisotopic (exact) mass is 473 g/mol. The molecule has 0 amide bonds. The first-order valence-electron chi connectivity index (χ1n) is 12.2. The maximum atomic E-state index is 5.57. The van der Waals surface area contributed by atoms with Crippen LogP contribution in [0, 0.1) is 27.7 Å². The van der Waals surface area contributed by atoms with Gasteiger partial charge in [0.15, 0.2) is 0 Å². The van der Waals surface area contributed by atoms with Crippen molar-refractivity contribution in [1.29, 1.82) is 0 Å². The lowest BCUT2D eigenvalue weighted by molar-refractivity contribution is 0.414. The molecule has 3 heterocycles. The van der Waals surface area contributed by atoms with E-state index in [0.717, 1.165) is 62.4 Å². The first-order valence-corrected chi connectivity index (χ1v) is 12.2. The van der Waals surface area contributed by atoms with Gasteiger partial charge >= 0.3 is 0 Å². The summed E-state index contributed by atoms with van der Waals surface area (Å²) in [6, 6.07) is 31.6. The molecular formula is C32H31N3O. The topological polar surface area (TPSA) is 32.0 Å². The number of pyridine rings is 1. The number of nitrogens with zero attached hydrogens (tertiary/aromatic N) is 3. The summed E-state index contributed by atoms with van der Waals surface area (Å²) in [7, 11) is 1.71. The van der Waals surface area contributed by atoms with E-state index < -0.39 is 0 Å². The molecule has 0 aliphatic carbocycles. The minimum absolute atomic E-state index is 0.829. The summed E-state index contributed by atoms with van der Waals surface area (Å²) >= 11 is 0. The average molecular weight is 474 g/mol. The zero-order valence-corrected chi connectivity index (χ0v) is 21.5. The summed E-state index contributed by atoms with van der Waals surface area (Å²) in [6.07, 6.45) is 2.24. The molecule has 0 atom stereocenters. The van der Waals surface area contributed by atoms with Crippen molar-refractivity contribution >= 4 is 11.6 Å². The van der Waals surface area contributed by atoms with E-state index in [1.165, 1.54) is 0 Å². The van der Waals surface area contributed by atoms with Crippen LogP contribution < -0.4 is 4.74 Å². The number of ether oxygens (including phenoxy) is 1. The number of aromatic nitrogens is 3. The van der Waals surface area contributed by atoms with E-state index >= 15 is 0 Å². The van der Waals surface area contributed by atoms with E-state index in [1.807, 2.05) is 18.2 Å². The first kappa shape index (κ1) is 23.4. The van der Waals surface area contributed by atoms with Gasteiger partial charge < -0.3 is 13.9 Å². The molecule has 5 aromatic rings. The molecule has 36 heavy (non-hydrogen) atoms. The third kappa shape index (κ3) is 4.50. The van der Waals surface area contributed by atoms with Crippen LogP contribution in [-0.4, -0.2) is 21.2 Å². The Bertz CT molecular complexity index is 1450. The lowest BCUT2D eigenvalue weighted by Crippen LogP contribution is -2.09. The number of rotatable bonds is 6. The van der Waals surface area contributed by atoms with Crippen LogP contribution in [0.3, 0.4) is 0 Å². The molecule has 0 fully saturated rings. The fourth-order valence-corrected chi connectivity index (χ4v) is 4.79. The van der Waals surface area contributed by atoms with Crippen molar-refractivity contribution in [2.75, 3.05) is 7.11 Å². The van der Waals surface area contributed by atoms with E-state index in [-0.39, 0.29) is 0 Å². The van der Waals surface area contributed by atoms with Gasteiger partial charge in [-0.05, 0) is 105 Å². The van der Waals surface area contributed by atoms with Gasteiger partial charge in [0, 0.05) is 22.8 Å². The van der Waals surface area contributed by atoms with Crippen LogP contribution in [0.15, 0.2) is 91.0 Å². The molecule has 4 nitrogen and oxygen atoms in total. The van der Waals surface area contributed by atoms with Crippen molar-refractivity contribution in [3.05, 3.63) is 130 Å². The highest BCUT2D eigenvalue weighted by atomic mass is 16.5. The molecule has 4 heteroatoms. The van der Waals surface area contributed by atoms with E-state index in [1.54, 1.807) is 7.11 Å². The predicted molar refractivity (Wildman–Crippen MR) is 148 cm³/mol. The van der Waals surface area contributed by atoms with Crippen LogP contribution >= 0.6 is 0 Å². The fourth-order valence-electron chi connectivity index (χ4n) is 4.79. The summed E-state index contributed by atoms with van der Waals surface area (Å²) in [5, 5.41) is 0. The van der Waals surface area contributed by atoms with Crippen LogP contribution in [0.5, 0.6) is 5.75 Å². The van der Waals surface area contributed by atoms with Gasteiger partial charge in [-0.1, -0.05) is 42.5 Å². The molecule has 0 radical (unpaired) electrons. The van der Waals surface area contributed by atoms with Gasteiger partial charge in [-0.2, -0.15) is 0 Å². The highest BCUT2D eigenvalue weighted by molar-refractivity contribution is 5.92. The van der Waals surface area contributed by atoms with E-state index in [2.05, 4.69) is 116 Å². The minimum Gasteiger partial charge on any atom is -0.497 e. The molecule has 0 bridgehead atoms. The molecule has 0 aliphatic heterocycles. The van der Waals surface area contributed by atoms with Crippen molar-refractivity contribution in [3.63, 3.8) is 0 Å². The maximum Gasteiger partial charge on any atom is 0.140 e. The Morgan fingerprint density at radius 1 is 0.639 bits per heavy atom. The van der Waals surface area contributed by atoms with Crippen molar-refractivity contribution in [2.45, 2.75) is 27.7 Å². The van der Waals surface area contributed by atoms with Gasteiger partial charge in [-0.25, -0.2) is 4.98 Å². The normalized spacial score (nSPS) is 11.6. The van der Waals surface area contributed by atoms with Crippen molar-refractivity contribution in [2.24, 2.45) is 0 Å². The second-order valence-electron chi connectivity index (χ2n) is 9.18. The zero-order valence-electron chi connectivity index (χ0n) is 21.5. The van der Waals surface area contributed by atoms with Crippen molar-refractivity contribution in [3.8, 4) is 17.4 Å². The van der Waals surface area contributed by atoms with Gasteiger partial charge in [0.1, 0.15) is 17.4 Å². The number of methoxy groups -OCH3 is 1. The van der Waals surface area contributed by atoms with Crippen molar-refractivity contribution in [1.82, 2.24) is 14.1 Å². The first-order chi connectivity index (χ1) is 17.4. The molecular weight excluding hydrogens is 442 g/mol. The molecule has 3 aromatic heterocycles. The smallest absolute Gasteiger partial charge is 0.140 e. The van der Waals surface area contributed by atoms with Gasteiger partial charge in [-0.15, -0.1) is 0 Å². The van der Waals surface area contributed by atoms with Crippen LogP contribution in [-0.2, 0) is 0 Å². The van der Waals surface area contributed by atoms with Gasteiger partial charge in [0.25, 0.3) is 0 Å². The summed E-state index contributed by atoms with van der Waals surface area (Å²) in [5.74, 6) is 2.63. The third-order valence-corrected chi connectivity index (χ3v) is 6.60. The van der Waals surface area contributed by atoms with E-state index in [4.69, 9.17) is 9.72 Å². The molecule has 5 rings (SSSR count). The molecule has 0 N–H and O–H groups in total. The standard InChI is InChI=1S/C32H31N3O/c1-22-14-15-23(2)34(22)31-20-28(21-32(33-31)35-24(3)16-17-25(35)4)30(18-26-10-7-6-8-11-26)27-12-9-13-29(19-27)36-5/h6-21H,1-5H3. The Balaban J connectivity index is 1.81. The van der Waals surface area contributed by atoms with Crippen molar-refractivity contribution < 1.29 is 4.74 Å². The molecule has 0 saturated heterocycles. The summed E-state index contributed by atoms with van der Waals surface area (Å²) in [5.41, 5.74) is 9.03. The van der Waals surface area contributed by atoms with E-state index in [9.17, 15) is 0 Å². The molecule has 180 valence electrons. The molecule has 2 aromatic carbocycles. The largest absolute Gasteiger partial charge is 0.497 e. The Hall–Kier alpha value is -4.31. The highest BCUT2D eigenvalue weighted by Crippen LogP contribution is 2.32. The Labute approximate surface area is 213 Å². The Kier molecular flexibility index (Phi) is 6.34. The number of benzene rings is 2. The summed E-state index contributed by atoms with van der Waals surface area (Å²) < 4.78 is 10.0. The van der Waals surface area contributed by atoms with Gasteiger partial charge in [0.05, 0.1) is 7.11 Å². The average Bonchev–Trinajstić information content (AvgIpc) is 3.42. The number of hydrogen-bond donors (Lipinski definition) is 0. The molecule has 0 saturated carbocycles. The maximum absolute atomic E-state index is 5.57. The Morgan fingerprint density at radius 3 is 1.72 bits per heavy atom. The van der Waals surface area contributed by atoms with Crippen LogP contribution in [0.1, 0.15) is 39.5 Å². The number of aryl methyl sites for hydroxylation is 4. The number of hydrogen-bond acceptors (Lipinski definition) is 2. The molecule has 0 aliphatic rings. The lowest BCUT2D eigenvalue weighted by atomic mass is 9.95. The SMILES string of the molecule is COc1cccc(C(=Cc2ccccc2)c2cc(-n3c(C)ccc3C)nc(-n3c(C)ccc3C)c2)c1. The molecule has 0 unspecified atom stereocenters. The fraction of sp³-hybridized carbons (Fsp3) is 0.156. The van der Waals surface area contributed by atoms with E-state index in [0.29, 0.717) is 0 Å². The second-order valence-corrected chi connectivity index (χ2v) is 9.18. The van der Waals surface area contributed by atoms with Crippen LogP contribution in [0.4, 0.5) is 0 Å². The van der Waals surface area contributed by atoms with Crippen LogP contribution in [0.25, 0.3) is 23.3 Å². The lowest BCUT2D eigenvalue weighted by Gasteiger charge is -2.18. The quantitative estimate of drug-likeness (QED) is 0.239. The van der Waals surface area contributed by atoms with Crippen LogP contribution in [0.2, 0.25) is 0 Å². The third-order valence-electron chi connectivity index (χ3n) is 6.60. The van der Waals surface area contributed by atoms with Gasteiger partial charge in [0.2, 0.25) is 0 Å². The minimum atomic E-state index is 0.829. The predicted octanol–water partition coefficient (Wildman–Crippen LogP) is 7.49.